The maximum Gasteiger partial charge on any atom is 0.321 e. The second-order valence-electron chi connectivity index (χ2n) is 4.67. The van der Waals surface area contributed by atoms with Gasteiger partial charge in [0, 0.05) is 20.0 Å². The number of carbonyl (C=O) groups excluding carboxylic acids is 2. The summed E-state index contributed by atoms with van der Waals surface area (Å²) < 4.78 is 0. The molecule has 0 aliphatic heterocycles. The average molecular weight is 263 g/mol. The van der Waals surface area contributed by atoms with E-state index in [1.807, 2.05) is 26.0 Å². The van der Waals surface area contributed by atoms with Crippen molar-refractivity contribution < 1.29 is 9.59 Å². The molecule has 0 saturated carbocycles. The lowest BCUT2D eigenvalue weighted by Crippen LogP contribution is -2.28. The lowest BCUT2D eigenvalue weighted by atomic mass is 10.1. The van der Waals surface area contributed by atoms with E-state index in [9.17, 15) is 9.59 Å². The summed E-state index contributed by atoms with van der Waals surface area (Å²) in [4.78, 5) is 25.0. The smallest absolute Gasteiger partial charge is 0.321 e. The minimum Gasteiger partial charge on any atom is -0.331 e. The van der Waals surface area contributed by atoms with E-state index in [1.165, 1.54) is 4.90 Å². The molecule has 0 aromatic heterocycles. The van der Waals surface area contributed by atoms with Gasteiger partial charge in [-0.1, -0.05) is 26.0 Å². The molecule has 2 N–H and O–H groups in total. The number of nitrogens with one attached hydrogen (secondary N) is 2. The molecule has 1 atom stereocenters. The molecule has 1 rings (SSSR count). The molecule has 0 bridgehead atoms. The van der Waals surface area contributed by atoms with Gasteiger partial charge in [0.05, 0.1) is 11.4 Å². The molecule has 0 aliphatic carbocycles. The van der Waals surface area contributed by atoms with E-state index in [4.69, 9.17) is 0 Å². The van der Waals surface area contributed by atoms with Gasteiger partial charge in [0.1, 0.15) is 0 Å². The second-order valence-corrected chi connectivity index (χ2v) is 4.67. The van der Waals surface area contributed by atoms with Gasteiger partial charge >= 0.3 is 6.03 Å². The minimum absolute atomic E-state index is 0.0472. The van der Waals surface area contributed by atoms with Gasteiger partial charge in [0.15, 0.2) is 0 Å². The number of benzene rings is 1. The van der Waals surface area contributed by atoms with Crippen LogP contribution in [-0.4, -0.2) is 30.9 Å². The number of amides is 3. The summed E-state index contributed by atoms with van der Waals surface area (Å²) in [6, 6.07) is 6.92. The fourth-order valence-corrected chi connectivity index (χ4v) is 1.37. The highest BCUT2D eigenvalue weighted by Crippen LogP contribution is 2.22. The summed E-state index contributed by atoms with van der Waals surface area (Å²) in [6.45, 7) is 3.83. The predicted molar refractivity (Wildman–Crippen MR) is 77.2 cm³/mol. The number of hydrogen-bond acceptors (Lipinski definition) is 2. The predicted octanol–water partition coefficient (Wildman–Crippen LogP) is 2.76. The highest BCUT2D eigenvalue weighted by Gasteiger charge is 2.13. The number of hydrogen-bond donors (Lipinski definition) is 2. The van der Waals surface area contributed by atoms with E-state index < -0.39 is 0 Å². The zero-order chi connectivity index (χ0) is 14.4. The van der Waals surface area contributed by atoms with Crippen molar-refractivity contribution in [1.82, 2.24) is 4.90 Å². The maximum absolute atomic E-state index is 11.9. The van der Waals surface area contributed by atoms with Crippen LogP contribution in [-0.2, 0) is 4.79 Å². The molecule has 0 radical (unpaired) electrons. The molecule has 0 fully saturated rings. The Labute approximate surface area is 114 Å². The van der Waals surface area contributed by atoms with Gasteiger partial charge in [-0.05, 0) is 18.6 Å². The molecule has 5 nitrogen and oxygen atoms in total. The SMILES string of the molecule is CC[C@@H](C)C(=O)Nc1ccccc1NC(=O)N(C)C. The fourth-order valence-electron chi connectivity index (χ4n) is 1.37. The molecular weight excluding hydrogens is 242 g/mol. The van der Waals surface area contributed by atoms with Gasteiger partial charge in [-0.3, -0.25) is 4.79 Å². The standard InChI is InChI=1S/C14H21N3O2/c1-5-10(2)13(18)15-11-8-6-7-9-12(11)16-14(19)17(3)4/h6-10H,5H2,1-4H3,(H,15,18)(H,16,19)/t10-/m1/s1. The van der Waals surface area contributed by atoms with Crippen molar-refractivity contribution in [3.8, 4) is 0 Å². The van der Waals surface area contributed by atoms with Crippen LogP contribution >= 0.6 is 0 Å². The Bertz CT molecular complexity index is 458. The van der Waals surface area contributed by atoms with Gasteiger partial charge in [0.2, 0.25) is 5.91 Å². The highest BCUT2D eigenvalue weighted by molar-refractivity contribution is 5.99. The number of anilines is 2. The fraction of sp³-hybridized carbons (Fsp3) is 0.429. The third-order valence-electron chi connectivity index (χ3n) is 2.89. The molecule has 0 aliphatic rings. The Hall–Kier alpha value is -2.04. The molecule has 104 valence electrons. The van der Waals surface area contributed by atoms with Crippen LogP contribution in [0.15, 0.2) is 24.3 Å². The lowest BCUT2D eigenvalue weighted by Gasteiger charge is -2.16. The van der Waals surface area contributed by atoms with Crippen molar-refractivity contribution in [2.45, 2.75) is 20.3 Å². The Kier molecular flexibility index (Phi) is 5.36. The van der Waals surface area contributed by atoms with Crippen molar-refractivity contribution >= 4 is 23.3 Å². The summed E-state index contributed by atoms with van der Waals surface area (Å²) in [5, 5.41) is 5.58. The number of nitrogens with zero attached hydrogens (tertiary/aromatic N) is 1. The summed E-state index contributed by atoms with van der Waals surface area (Å²) in [5.41, 5.74) is 1.21. The van der Waals surface area contributed by atoms with Crippen molar-refractivity contribution in [1.29, 1.82) is 0 Å². The van der Waals surface area contributed by atoms with E-state index >= 15 is 0 Å². The summed E-state index contributed by atoms with van der Waals surface area (Å²) in [7, 11) is 3.32. The van der Waals surface area contributed by atoms with Crippen LogP contribution in [0, 0.1) is 5.92 Å². The Morgan fingerprint density at radius 3 is 2.16 bits per heavy atom. The Morgan fingerprint density at radius 1 is 1.16 bits per heavy atom. The summed E-state index contributed by atoms with van der Waals surface area (Å²) in [5.74, 6) is -0.105. The number of rotatable bonds is 4. The van der Waals surface area contributed by atoms with Crippen LogP contribution in [0.5, 0.6) is 0 Å². The zero-order valence-electron chi connectivity index (χ0n) is 11.9. The summed E-state index contributed by atoms with van der Waals surface area (Å²) >= 11 is 0. The normalized spacial score (nSPS) is 11.6. The topological polar surface area (TPSA) is 61.4 Å². The lowest BCUT2D eigenvalue weighted by molar-refractivity contribution is -0.119. The molecular formula is C14H21N3O2. The molecule has 0 spiro atoms. The number of carbonyl (C=O) groups is 2. The molecule has 1 aromatic rings. The second kappa shape index (κ2) is 6.78. The third-order valence-corrected chi connectivity index (χ3v) is 2.89. The average Bonchev–Trinajstić information content (AvgIpc) is 2.39. The molecule has 19 heavy (non-hydrogen) atoms. The van der Waals surface area contributed by atoms with Crippen LogP contribution in [0.2, 0.25) is 0 Å². The van der Waals surface area contributed by atoms with Crippen molar-refractivity contribution in [3.63, 3.8) is 0 Å². The van der Waals surface area contributed by atoms with E-state index in [-0.39, 0.29) is 17.9 Å². The van der Waals surface area contributed by atoms with Crippen LogP contribution in [0.4, 0.5) is 16.2 Å². The largest absolute Gasteiger partial charge is 0.331 e. The first-order valence-electron chi connectivity index (χ1n) is 6.34. The highest BCUT2D eigenvalue weighted by atomic mass is 16.2. The van der Waals surface area contributed by atoms with Gasteiger partial charge < -0.3 is 15.5 Å². The van der Waals surface area contributed by atoms with E-state index in [1.54, 1.807) is 26.2 Å². The van der Waals surface area contributed by atoms with Crippen molar-refractivity contribution in [2.24, 2.45) is 5.92 Å². The first-order chi connectivity index (χ1) is 8.95. The van der Waals surface area contributed by atoms with Crippen LogP contribution in [0.3, 0.4) is 0 Å². The third kappa shape index (κ3) is 4.28. The van der Waals surface area contributed by atoms with Gasteiger partial charge in [-0.25, -0.2) is 4.79 Å². The Balaban J connectivity index is 2.84. The monoisotopic (exact) mass is 263 g/mol. The molecule has 0 saturated heterocycles. The van der Waals surface area contributed by atoms with Crippen LogP contribution in [0.25, 0.3) is 0 Å². The van der Waals surface area contributed by atoms with Crippen molar-refractivity contribution in [3.05, 3.63) is 24.3 Å². The minimum atomic E-state index is -0.231. The number of para-hydroxylation sites is 2. The Morgan fingerprint density at radius 2 is 1.68 bits per heavy atom. The first-order valence-corrected chi connectivity index (χ1v) is 6.34. The molecule has 3 amide bonds. The van der Waals surface area contributed by atoms with E-state index in [2.05, 4.69) is 10.6 Å². The van der Waals surface area contributed by atoms with E-state index in [0.29, 0.717) is 11.4 Å². The molecule has 5 heteroatoms. The van der Waals surface area contributed by atoms with Crippen LogP contribution < -0.4 is 10.6 Å². The van der Waals surface area contributed by atoms with Crippen molar-refractivity contribution in [2.75, 3.05) is 24.7 Å². The van der Waals surface area contributed by atoms with Crippen LogP contribution in [0.1, 0.15) is 20.3 Å². The van der Waals surface area contributed by atoms with Gasteiger partial charge in [-0.15, -0.1) is 0 Å². The van der Waals surface area contributed by atoms with Gasteiger partial charge in [0.25, 0.3) is 0 Å². The molecule has 0 heterocycles. The van der Waals surface area contributed by atoms with Gasteiger partial charge in [-0.2, -0.15) is 0 Å². The molecule has 0 unspecified atom stereocenters. The summed E-state index contributed by atoms with van der Waals surface area (Å²) in [6.07, 6.45) is 0.776. The zero-order valence-corrected chi connectivity index (χ0v) is 11.9. The maximum atomic E-state index is 11.9. The number of urea groups is 1. The van der Waals surface area contributed by atoms with E-state index in [0.717, 1.165) is 6.42 Å². The molecule has 1 aromatic carbocycles. The quantitative estimate of drug-likeness (QED) is 0.877. The first kappa shape index (κ1) is 15.0.